The number of carbonyl (C=O) groups excluding carboxylic acids is 1. The van der Waals surface area contributed by atoms with Crippen LogP contribution < -0.4 is 0 Å². The molecule has 7 heteroatoms. The van der Waals surface area contributed by atoms with Crippen LogP contribution >= 0.6 is 11.3 Å². The predicted octanol–water partition coefficient (Wildman–Crippen LogP) is 3.96. The van der Waals surface area contributed by atoms with Crippen molar-refractivity contribution < 1.29 is 4.79 Å². The van der Waals surface area contributed by atoms with Crippen LogP contribution in [0.15, 0.2) is 0 Å². The lowest BCUT2D eigenvalue weighted by Gasteiger charge is -2.29. The van der Waals surface area contributed by atoms with Crippen LogP contribution in [-0.2, 0) is 6.42 Å². The van der Waals surface area contributed by atoms with Gasteiger partial charge in [-0.1, -0.05) is 13.8 Å². The Morgan fingerprint density at radius 2 is 2.04 bits per heavy atom. The van der Waals surface area contributed by atoms with Gasteiger partial charge in [0.05, 0.1) is 5.39 Å². The Hall–Kier alpha value is -2.02. The minimum atomic E-state index is -0.0463. The first kappa shape index (κ1) is 17.1. The van der Waals surface area contributed by atoms with Gasteiger partial charge in [-0.3, -0.25) is 4.79 Å². The molecule has 2 aliphatic rings. The lowest BCUT2D eigenvalue weighted by molar-refractivity contribution is 0.0671. The van der Waals surface area contributed by atoms with Gasteiger partial charge in [0.15, 0.2) is 5.65 Å². The number of amides is 1. The third kappa shape index (κ3) is 2.66. The molecule has 0 N–H and O–H groups in total. The van der Waals surface area contributed by atoms with Crippen LogP contribution in [0.5, 0.6) is 0 Å². The van der Waals surface area contributed by atoms with E-state index >= 15 is 0 Å². The zero-order valence-electron chi connectivity index (χ0n) is 16.2. The Morgan fingerprint density at radius 1 is 1.19 bits per heavy atom. The third-order valence-electron chi connectivity index (χ3n) is 6.07. The highest BCUT2D eigenvalue weighted by atomic mass is 32.1. The molecule has 0 unspecified atom stereocenters. The maximum Gasteiger partial charge on any atom is 0.293 e. The molecule has 27 heavy (non-hydrogen) atoms. The highest BCUT2D eigenvalue weighted by molar-refractivity contribution is 7.19. The van der Waals surface area contributed by atoms with E-state index in [0.717, 1.165) is 47.6 Å². The topological polar surface area (TPSA) is 63.4 Å². The fourth-order valence-corrected chi connectivity index (χ4v) is 6.07. The van der Waals surface area contributed by atoms with Crippen molar-refractivity contribution in [3.63, 3.8) is 0 Å². The molecular formula is C20H25N5OS. The van der Waals surface area contributed by atoms with Crippen molar-refractivity contribution in [3.8, 4) is 0 Å². The Bertz CT molecular complexity index is 1050. The van der Waals surface area contributed by atoms with E-state index in [0.29, 0.717) is 17.7 Å². The number of likely N-dealkylation sites (tertiary alicyclic amines) is 1. The van der Waals surface area contributed by atoms with Crippen LogP contribution in [0.25, 0.3) is 15.9 Å². The van der Waals surface area contributed by atoms with Crippen LogP contribution in [0.4, 0.5) is 0 Å². The number of fused-ring (bicyclic) bond motifs is 5. The minimum Gasteiger partial charge on any atom is -0.336 e. The summed E-state index contributed by atoms with van der Waals surface area (Å²) < 4.78 is 1.78. The smallest absolute Gasteiger partial charge is 0.293 e. The van der Waals surface area contributed by atoms with Crippen molar-refractivity contribution in [2.75, 3.05) is 13.1 Å². The maximum absolute atomic E-state index is 13.0. The number of hydrogen-bond donors (Lipinski definition) is 0. The molecule has 0 spiro atoms. The molecule has 1 saturated heterocycles. The normalized spacial score (nSPS) is 23.1. The Kier molecular flexibility index (Phi) is 3.96. The standard InChI is InChI=1S/C20H25N5OS/c1-11-6-5-9-24(10-11)20(26)17-22-18-16-15-12(2)7-4-8-14(15)27-19(16)21-13(3)25(18)23-17/h11-12H,4-10H2,1-3H3/t11-,12-/m1/s1. The first-order chi connectivity index (χ1) is 13.0. The second-order valence-corrected chi connectivity index (χ2v) is 9.32. The van der Waals surface area contributed by atoms with Gasteiger partial charge in [-0.2, -0.15) is 4.52 Å². The quantitative estimate of drug-likeness (QED) is 0.638. The number of piperidine rings is 1. The van der Waals surface area contributed by atoms with Gasteiger partial charge in [0, 0.05) is 18.0 Å². The maximum atomic E-state index is 13.0. The Balaban J connectivity index is 1.66. The van der Waals surface area contributed by atoms with E-state index < -0.39 is 0 Å². The summed E-state index contributed by atoms with van der Waals surface area (Å²) in [5, 5.41) is 5.69. The average molecular weight is 384 g/mol. The molecule has 2 atom stereocenters. The first-order valence-electron chi connectivity index (χ1n) is 10.0. The highest BCUT2D eigenvalue weighted by Crippen LogP contribution is 2.42. The summed E-state index contributed by atoms with van der Waals surface area (Å²) in [4.78, 5) is 26.9. The second-order valence-electron chi connectivity index (χ2n) is 8.24. The van der Waals surface area contributed by atoms with E-state index in [1.54, 1.807) is 15.9 Å². The van der Waals surface area contributed by atoms with Gasteiger partial charge in [0.25, 0.3) is 5.91 Å². The van der Waals surface area contributed by atoms with E-state index in [-0.39, 0.29) is 5.91 Å². The van der Waals surface area contributed by atoms with E-state index in [2.05, 4.69) is 18.9 Å². The molecule has 0 saturated carbocycles. The van der Waals surface area contributed by atoms with Gasteiger partial charge >= 0.3 is 0 Å². The molecule has 4 heterocycles. The van der Waals surface area contributed by atoms with Gasteiger partial charge in [-0.25, -0.2) is 9.97 Å². The summed E-state index contributed by atoms with van der Waals surface area (Å²) in [6.07, 6.45) is 5.80. The van der Waals surface area contributed by atoms with Crippen molar-refractivity contribution in [2.24, 2.45) is 5.92 Å². The number of carbonyl (C=O) groups is 1. The largest absolute Gasteiger partial charge is 0.336 e. The average Bonchev–Trinajstić information content (AvgIpc) is 3.23. The molecule has 142 valence electrons. The molecule has 1 amide bonds. The SMILES string of the molecule is Cc1nc2sc3c(c2c2nc(C(=O)N4CCC[C@@H](C)C4)nn12)[C@H](C)CCC3. The van der Waals surface area contributed by atoms with E-state index in [1.165, 1.54) is 29.7 Å². The van der Waals surface area contributed by atoms with Gasteiger partial charge in [-0.15, -0.1) is 16.4 Å². The van der Waals surface area contributed by atoms with E-state index in [1.807, 2.05) is 11.8 Å². The second kappa shape index (κ2) is 6.26. The fraction of sp³-hybridized carbons (Fsp3) is 0.600. The van der Waals surface area contributed by atoms with Gasteiger partial charge in [-0.05, 0) is 56.4 Å². The van der Waals surface area contributed by atoms with Crippen molar-refractivity contribution in [3.05, 3.63) is 22.1 Å². The summed E-state index contributed by atoms with van der Waals surface area (Å²) in [6, 6.07) is 0. The van der Waals surface area contributed by atoms with Crippen LogP contribution in [0, 0.1) is 12.8 Å². The highest BCUT2D eigenvalue weighted by Gasteiger charge is 2.29. The predicted molar refractivity (Wildman–Crippen MR) is 107 cm³/mol. The van der Waals surface area contributed by atoms with Gasteiger partial charge in [0.1, 0.15) is 10.7 Å². The van der Waals surface area contributed by atoms with E-state index in [4.69, 9.17) is 9.97 Å². The van der Waals surface area contributed by atoms with Crippen LogP contribution in [0.3, 0.4) is 0 Å². The number of aryl methyl sites for hydroxylation is 2. The van der Waals surface area contributed by atoms with Crippen LogP contribution in [0.2, 0.25) is 0 Å². The van der Waals surface area contributed by atoms with Gasteiger partial charge < -0.3 is 4.90 Å². The summed E-state index contributed by atoms with van der Waals surface area (Å²) in [5.41, 5.74) is 2.19. The molecule has 3 aromatic heterocycles. The first-order valence-corrected chi connectivity index (χ1v) is 10.8. The number of hydrogen-bond acceptors (Lipinski definition) is 5. The Labute approximate surface area is 162 Å². The van der Waals surface area contributed by atoms with Crippen molar-refractivity contribution >= 4 is 33.1 Å². The van der Waals surface area contributed by atoms with E-state index in [9.17, 15) is 4.79 Å². The molecule has 0 aromatic carbocycles. The zero-order chi connectivity index (χ0) is 18.7. The molecule has 6 nitrogen and oxygen atoms in total. The zero-order valence-corrected chi connectivity index (χ0v) is 17.0. The van der Waals surface area contributed by atoms with Crippen LogP contribution in [-0.4, -0.2) is 43.5 Å². The van der Waals surface area contributed by atoms with Crippen molar-refractivity contribution in [1.82, 2.24) is 24.5 Å². The van der Waals surface area contributed by atoms with Crippen LogP contribution in [0.1, 0.15) is 72.3 Å². The third-order valence-corrected chi connectivity index (χ3v) is 7.23. The number of aromatic nitrogens is 4. The molecular weight excluding hydrogens is 358 g/mol. The lowest BCUT2D eigenvalue weighted by atomic mass is 9.87. The van der Waals surface area contributed by atoms with Gasteiger partial charge in [0.2, 0.25) is 5.82 Å². The number of rotatable bonds is 1. The summed E-state index contributed by atoms with van der Waals surface area (Å²) in [6.45, 7) is 8.04. The minimum absolute atomic E-state index is 0.0463. The Morgan fingerprint density at radius 3 is 2.85 bits per heavy atom. The summed E-state index contributed by atoms with van der Waals surface area (Å²) >= 11 is 1.79. The molecule has 1 fully saturated rings. The van der Waals surface area contributed by atoms with Crippen molar-refractivity contribution in [1.29, 1.82) is 0 Å². The molecule has 0 radical (unpaired) electrons. The fourth-order valence-electron chi connectivity index (χ4n) is 4.69. The molecule has 3 aromatic rings. The summed E-state index contributed by atoms with van der Waals surface area (Å²) in [7, 11) is 0. The van der Waals surface area contributed by atoms with Crippen molar-refractivity contribution in [2.45, 2.75) is 58.8 Å². The molecule has 1 aliphatic heterocycles. The monoisotopic (exact) mass is 383 g/mol. The molecule has 1 aliphatic carbocycles. The lowest BCUT2D eigenvalue weighted by Crippen LogP contribution is -2.39. The summed E-state index contributed by atoms with van der Waals surface area (Å²) in [5.74, 6) is 2.11. The molecule has 0 bridgehead atoms. The number of nitrogens with zero attached hydrogens (tertiary/aromatic N) is 5. The molecule has 5 rings (SSSR count). The number of thiophene rings is 1.